The zero-order valence-electron chi connectivity index (χ0n) is 12.0. The molecule has 2 N–H and O–H groups in total. The second-order valence-electron chi connectivity index (χ2n) is 5.79. The molecule has 1 aliphatic rings. The molecule has 2 nitrogen and oxygen atoms in total. The van der Waals surface area contributed by atoms with E-state index in [0.717, 1.165) is 25.7 Å². The number of hydrogen-bond acceptors (Lipinski definition) is 2. The smallest absolute Gasteiger partial charge is 0.0541 e. The highest BCUT2D eigenvalue weighted by molar-refractivity contribution is 5.62. The van der Waals surface area contributed by atoms with Crippen molar-refractivity contribution in [2.45, 2.75) is 65.5 Å². The second kappa shape index (κ2) is 5.31. The molecule has 0 heterocycles. The molecule has 18 heavy (non-hydrogen) atoms. The van der Waals surface area contributed by atoms with Gasteiger partial charge >= 0.3 is 0 Å². The van der Waals surface area contributed by atoms with Gasteiger partial charge in [-0.05, 0) is 75.6 Å². The van der Waals surface area contributed by atoms with Gasteiger partial charge in [0, 0.05) is 11.7 Å². The molecule has 100 valence electrons. The number of benzene rings is 1. The van der Waals surface area contributed by atoms with Crippen molar-refractivity contribution in [3.05, 3.63) is 28.3 Å². The highest BCUT2D eigenvalue weighted by Crippen LogP contribution is 2.30. The normalized spacial score (nSPS) is 24.1. The maximum atomic E-state index is 9.56. The van der Waals surface area contributed by atoms with E-state index in [1.165, 1.54) is 27.9 Å². The number of aliphatic hydroxyl groups excluding tert-OH is 1. The topological polar surface area (TPSA) is 32.3 Å². The fraction of sp³-hybridized carbons (Fsp3) is 0.625. The summed E-state index contributed by atoms with van der Waals surface area (Å²) in [5.41, 5.74) is 6.76. The van der Waals surface area contributed by atoms with Crippen LogP contribution in [-0.4, -0.2) is 17.3 Å². The summed E-state index contributed by atoms with van der Waals surface area (Å²) in [4.78, 5) is 0. The average Bonchev–Trinajstić information content (AvgIpc) is 2.34. The summed E-state index contributed by atoms with van der Waals surface area (Å²) < 4.78 is 0. The lowest BCUT2D eigenvalue weighted by Crippen LogP contribution is -2.29. The standard InChI is InChI=1S/C16H25NO/c1-10-9-11(2)13(4)16(12(10)3)17-14-5-7-15(18)8-6-14/h9,14-15,17-18H,5-8H2,1-4H3. The van der Waals surface area contributed by atoms with E-state index in [4.69, 9.17) is 0 Å². The average molecular weight is 247 g/mol. The molecule has 1 aliphatic carbocycles. The minimum absolute atomic E-state index is 0.0792. The van der Waals surface area contributed by atoms with Crippen LogP contribution in [-0.2, 0) is 0 Å². The molecule has 1 aromatic carbocycles. The van der Waals surface area contributed by atoms with Crippen LogP contribution in [0.4, 0.5) is 5.69 Å². The Morgan fingerprint density at radius 1 is 0.944 bits per heavy atom. The zero-order valence-corrected chi connectivity index (χ0v) is 12.0. The monoisotopic (exact) mass is 247 g/mol. The van der Waals surface area contributed by atoms with E-state index in [9.17, 15) is 5.11 Å². The molecule has 0 unspecified atom stereocenters. The van der Waals surface area contributed by atoms with Crippen LogP contribution < -0.4 is 5.32 Å². The molecule has 1 saturated carbocycles. The van der Waals surface area contributed by atoms with E-state index in [1.807, 2.05) is 0 Å². The highest BCUT2D eigenvalue weighted by Gasteiger charge is 2.20. The van der Waals surface area contributed by atoms with Gasteiger partial charge in [0.25, 0.3) is 0 Å². The van der Waals surface area contributed by atoms with Crippen LogP contribution >= 0.6 is 0 Å². The van der Waals surface area contributed by atoms with Crippen LogP contribution in [0.2, 0.25) is 0 Å². The summed E-state index contributed by atoms with van der Waals surface area (Å²) >= 11 is 0. The summed E-state index contributed by atoms with van der Waals surface area (Å²) in [5, 5.41) is 13.3. The number of nitrogens with one attached hydrogen (secondary N) is 1. The van der Waals surface area contributed by atoms with Crippen LogP contribution in [0, 0.1) is 27.7 Å². The molecule has 0 atom stereocenters. The van der Waals surface area contributed by atoms with Gasteiger partial charge in [0.05, 0.1) is 6.10 Å². The van der Waals surface area contributed by atoms with Gasteiger partial charge in [-0.3, -0.25) is 0 Å². The van der Waals surface area contributed by atoms with Crippen LogP contribution in [0.3, 0.4) is 0 Å². The second-order valence-corrected chi connectivity index (χ2v) is 5.79. The fourth-order valence-corrected chi connectivity index (χ4v) is 2.86. The van der Waals surface area contributed by atoms with E-state index in [0.29, 0.717) is 6.04 Å². The van der Waals surface area contributed by atoms with Gasteiger partial charge in [-0.25, -0.2) is 0 Å². The van der Waals surface area contributed by atoms with Gasteiger partial charge in [0.1, 0.15) is 0 Å². The van der Waals surface area contributed by atoms with Crippen molar-refractivity contribution < 1.29 is 5.11 Å². The highest BCUT2D eigenvalue weighted by atomic mass is 16.3. The van der Waals surface area contributed by atoms with E-state index >= 15 is 0 Å². The molecule has 1 fully saturated rings. The molecule has 2 heteroatoms. The molecule has 0 aromatic heterocycles. The van der Waals surface area contributed by atoms with Crippen molar-refractivity contribution in [2.24, 2.45) is 0 Å². The van der Waals surface area contributed by atoms with Crippen LogP contribution in [0.1, 0.15) is 47.9 Å². The van der Waals surface area contributed by atoms with E-state index in [-0.39, 0.29) is 6.10 Å². The maximum absolute atomic E-state index is 9.56. The first-order valence-electron chi connectivity index (χ1n) is 7.01. The molecule has 0 aliphatic heterocycles. The van der Waals surface area contributed by atoms with Crippen molar-refractivity contribution in [2.75, 3.05) is 5.32 Å². The predicted molar refractivity (Wildman–Crippen MR) is 77.3 cm³/mol. The van der Waals surface area contributed by atoms with E-state index in [2.05, 4.69) is 39.1 Å². The summed E-state index contributed by atoms with van der Waals surface area (Å²) in [6.07, 6.45) is 3.94. The van der Waals surface area contributed by atoms with E-state index < -0.39 is 0 Å². The molecular formula is C16H25NO. The zero-order chi connectivity index (χ0) is 13.3. The third kappa shape index (κ3) is 2.69. The minimum Gasteiger partial charge on any atom is -0.393 e. The molecular weight excluding hydrogens is 222 g/mol. The molecule has 0 bridgehead atoms. The number of anilines is 1. The molecule has 0 amide bonds. The third-order valence-electron chi connectivity index (χ3n) is 4.41. The van der Waals surface area contributed by atoms with Gasteiger partial charge in [0.2, 0.25) is 0 Å². The number of aryl methyl sites for hydroxylation is 2. The van der Waals surface area contributed by atoms with Crippen molar-refractivity contribution >= 4 is 5.69 Å². The lowest BCUT2D eigenvalue weighted by atomic mass is 9.91. The Kier molecular flexibility index (Phi) is 3.96. The lowest BCUT2D eigenvalue weighted by molar-refractivity contribution is 0.126. The van der Waals surface area contributed by atoms with Crippen molar-refractivity contribution in [1.82, 2.24) is 0 Å². The molecule has 0 spiro atoms. The lowest BCUT2D eigenvalue weighted by Gasteiger charge is -2.29. The number of hydrogen-bond donors (Lipinski definition) is 2. The van der Waals surface area contributed by atoms with Crippen LogP contribution in [0.25, 0.3) is 0 Å². The molecule has 1 aromatic rings. The number of aliphatic hydroxyl groups is 1. The Morgan fingerprint density at radius 2 is 1.44 bits per heavy atom. The first-order chi connectivity index (χ1) is 8.49. The first kappa shape index (κ1) is 13.4. The third-order valence-corrected chi connectivity index (χ3v) is 4.41. The van der Waals surface area contributed by atoms with Crippen molar-refractivity contribution in [1.29, 1.82) is 0 Å². The SMILES string of the molecule is Cc1cc(C)c(C)c(NC2CCC(O)CC2)c1C. The van der Waals surface area contributed by atoms with Gasteiger partial charge in [-0.15, -0.1) is 0 Å². The van der Waals surface area contributed by atoms with Crippen molar-refractivity contribution in [3.63, 3.8) is 0 Å². The Morgan fingerprint density at radius 3 is 1.94 bits per heavy atom. The summed E-state index contributed by atoms with van der Waals surface area (Å²) in [5.74, 6) is 0. The number of rotatable bonds is 2. The summed E-state index contributed by atoms with van der Waals surface area (Å²) in [7, 11) is 0. The van der Waals surface area contributed by atoms with E-state index in [1.54, 1.807) is 0 Å². The Labute approximate surface area is 110 Å². The molecule has 2 rings (SSSR count). The quantitative estimate of drug-likeness (QED) is 0.836. The maximum Gasteiger partial charge on any atom is 0.0541 e. The largest absolute Gasteiger partial charge is 0.393 e. The van der Waals surface area contributed by atoms with Crippen molar-refractivity contribution in [3.8, 4) is 0 Å². The fourth-order valence-electron chi connectivity index (χ4n) is 2.86. The minimum atomic E-state index is -0.0792. The van der Waals surface area contributed by atoms with Gasteiger partial charge < -0.3 is 10.4 Å². The van der Waals surface area contributed by atoms with Gasteiger partial charge in [0.15, 0.2) is 0 Å². The van der Waals surface area contributed by atoms with Gasteiger partial charge in [-0.2, -0.15) is 0 Å². The Hall–Kier alpha value is -1.02. The van der Waals surface area contributed by atoms with Gasteiger partial charge in [-0.1, -0.05) is 6.07 Å². The van der Waals surface area contributed by atoms with Crippen LogP contribution in [0.5, 0.6) is 0 Å². The predicted octanol–water partition coefficient (Wildman–Crippen LogP) is 3.64. The van der Waals surface area contributed by atoms with Crippen LogP contribution in [0.15, 0.2) is 6.07 Å². The molecule has 0 saturated heterocycles. The summed E-state index contributed by atoms with van der Waals surface area (Å²) in [6.45, 7) is 8.75. The first-order valence-corrected chi connectivity index (χ1v) is 7.01. The Bertz CT molecular complexity index is 405. The molecule has 0 radical (unpaired) electrons. The Balaban J connectivity index is 2.18. The summed E-state index contributed by atoms with van der Waals surface area (Å²) in [6, 6.07) is 2.78.